The molecule has 2 aromatic carbocycles. The van der Waals surface area contributed by atoms with E-state index >= 15 is 0 Å². The molecule has 1 aliphatic heterocycles. The van der Waals surface area contributed by atoms with Crippen LogP contribution in [-0.2, 0) is 28.1 Å². The first kappa shape index (κ1) is 19.6. The van der Waals surface area contributed by atoms with Crippen LogP contribution in [0.2, 0.25) is 0 Å². The van der Waals surface area contributed by atoms with Crippen LogP contribution in [0.5, 0.6) is 0 Å². The molecule has 0 bridgehead atoms. The number of carbonyl (C=O) groups is 3. The Kier molecular flexibility index (Phi) is 5.78. The Morgan fingerprint density at radius 1 is 1.04 bits per heavy atom. The lowest BCUT2D eigenvalue weighted by Gasteiger charge is -2.22. The van der Waals surface area contributed by atoms with E-state index in [-0.39, 0.29) is 12.5 Å². The van der Waals surface area contributed by atoms with E-state index in [4.69, 9.17) is 0 Å². The first-order valence-corrected chi connectivity index (χ1v) is 9.48. The molecule has 1 aliphatic rings. The molecular weight excluding hydrogens is 354 g/mol. The second-order valence-corrected chi connectivity index (χ2v) is 7.16. The molecule has 0 saturated carbocycles. The van der Waals surface area contributed by atoms with Crippen LogP contribution in [0.25, 0.3) is 0 Å². The SMILES string of the molecule is CCCc1ccc([C@]2(C)NC(=O)N(CC(=O)NCc3ccccc3)C2=O)cc1. The number of rotatable bonds is 7. The maximum absolute atomic E-state index is 12.9. The molecule has 28 heavy (non-hydrogen) atoms. The van der Waals surface area contributed by atoms with Crippen molar-refractivity contribution in [3.63, 3.8) is 0 Å². The average molecular weight is 379 g/mol. The van der Waals surface area contributed by atoms with E-state index in [0.717, 1.165) is 23.3 Å². The number of urea groups is 1. The molecule has 0 aromatic heterocycles. The molecule has 6 heteroatoms. The predicted octanol–water partition coefficient (Wildman–Crippen LogP) is 2.72. The summed E-state index contributed by atoms with van der Waals surface area (Å²) in [5.41, 5.74) is 1.67. The molecule has 1 saturated heterocycles. The summed E-state index contributed by atoms with van der Waals surface area (Å²) in [6.07, 6.45) is 2.00. The maximum Gasteiger partial charge on any atom is 0.325 e. The lowest BCUT2D eigenvalue weighted by molar-refractivity contribution is -0.134. The van der Waals surface area contributed by atoms with Crippen molar-refractivity contribution in [2.75, 3.05) is 6.54 Å². The second kappa shape index (κ2) is 8.25. The van der Waals surface area contributed by atoms with Crippen LogP contribution in [0.15, 0.2) is 54.6 Å². The Balaban J connectivity index is 1.66. The van der Waals surface area contributed by atoms with Gasteiger partial charge in [0.15, 0.2) is 0 Å². The van der Waals surface area contributed by atoms with Crippen molar-refractivity contribution in [2.45, 2.75) is 38.8 Å². The summed E-state index contributed by atoms with van der Waals surface area (Å²) in [4.78, 5) is 38.5. The van der Waals surface area contributed by atoms with Gasteiger partial charge in [-0.25, -0.2) is 4.79 Å². The van der Waals surface area contributed by atoms with Gasteiger partial charge in [-0.2, -0.15) is 0 Å². The molecule has 6 nitrogen and oxygen atoms in total. The van der Waals surface area contributed by atoms with Crippen molar-refractivity contribution < 1.29 is 14.4 Å². The minimum atomic E-state index is -1.17. The molecule has 146 valence electrons. The highest BCUT2D eigenvalue weighted by atomic mass is 16.2. The highest BCUT2D eigenvalue weighted by molar-refractivity contribution is 6.09. The van der Waals surface area contributed by atoms with Crippen LogP contribution >= 0.6 is 0 Å². The number of hydrogen-bond acceptors (Lipinski definition) is 3. The number of amides is 4. The quantitative estimate of drug-likeness (QED) is 0.726. The van der Waals surface area contributed by atoms with Crippen LogP contribution in [0.4, 0.5) is 4.79 Å². The van der Waals surface area contributed by atoms with E-state index in [1.807, 2.05) is 54.6 Å². The summed E-state index contributed by atoms with van der Waals surface area (Å²) in [6.45, 7) is 3.82. The smallest absolute Gasteiger partial charge is 0.325 e. The van der Waals surface area contributed by atoms with Crippen LogP contribution < -0.4 is 10.6 Å². The molecule has 0 spiro atoms. The van der Waals surface area contributed by atoms with E-state index < -0.39 is 17.5 Å². The maximum atomic E-state index is 12.9. The van der Waals surface area contributed by atoms with Gasteiger partial charge in [0.2, 0.25) is 5.91 Å². The third-order valence-corrected chi connectivity index (χ3v) is 4.98. The van der Waals surface area contributed by atoms with Gasteiger partial charge in [-0.05, 0) is 30.0 Å². The van der Waals surface area contributed by atoms with Gasteiger partial charge in [0.25, 0.3) is 5.91 Å². The van der Waals surface area contributed by atoms with Gasteiger partial charge in [-0.3, -0.25) is 14.5 Å². The molecule has 2 aromatic rings. The van der Waals surface area contributed by atoms with E-state index in [1.54, 1.807) is 6.92 Å². The first-order chi connectivity index (χ1) is 13.4. The van der Waals surface area contributed by atoms with Crippen molar-refractivity contribution in [3.05, 3.63) is 71.3 Å². The number of nitrogens with one attached hydrogen (secondary N) is 2. The van der Waals surface area contributed by atoms with Crippen molar-refractivity contribution in [1.82, 2.24) is 15.5 Å². The lowest BCUT2D eigenvalue weighted by atomic mass is 9.91. The molecule has 1 heterocycles. The number of carbonyl (C=O) groups excluding carboxylic acids is 3. The molecule has 3 rings (SSSR count). The molecular formula is C22H25N3O3. The fourth-order valence-corrected chi connectivity index (χ4v) is 3.33. The summed E-state index contributed by atoms with van der Waals surface area (Å²) >= 11 is 0. The fraction of sp³-hybridized carbons (Fsp3) is 0.318. The second-order valence-electron chi connectivity index (χ2n) is 7.16. The van der Waals surface area contributed by atoms with Gasteiger partial charge in [-0.1, -0.05) is 67.9 Å². The van der Waals surface area contributed by atoms with Gasteiger partial charge in [-0.15, -0.1) is 0 Å². The minimum Gasteiger partial charge on any atom is -0.350 e. The molecule has 1 fully saturated rings. The molecule has 0 aliphatic carbocycles. The average Bonchev–Trinajstić information content (AvgIpc) is 2.92. The van der Waals surface area contributed by atoms with E-state index in [0.29, 0.717) is 12.1 Å². The number of hydrogen-bond donors (Lipinski definition) is 2. The van der Waals surface area contributed by atoms with E-state index in [9.17, 15) is 14.4 Å². The van der Waals surface area contributed by atoms with E-state index in [1.165, 1.54) is 5.56 Å². The number of aryl methyl sites for hydroxylation is 1. The predicted molar refractivity (Wildman–Crippen MR) is 106 cm³/mol. The lowest BCUT2D eigenvalue weighted by Crippen LogP contribution is -2.43. The third kappa shape index (κ3) is 4.06. The standard InChI is InChI=1S/C22H25N3O3/c1-3-7-16-10-12-18(13-11-16)22(2)20(27)25(21(28)24-22)15-19(26)23-14-17-8-5-4-6-9-17/h4-6,8-13H,3,7,14-15H2,1-2H3,(H,23,26)(H,24,28)/t22-/m0/s1. The Morgan fingerprint density at radius 2 is 1.71 bits per heavy atom. The van der Waals surface area contributed by atoms with Gasteiger partial charge in [0.05, 0.1) is 0 Å². The zero-order valence-corrected chi connectivity index (χ0v) is 16.2. The Bertz CT molecular complexity index is 864. The summed E-state index contributed by atoms with van der Waals surface area (Å²) in [5, 5.41) is 5.48. The number of imide groups is 1. The molecule has 2 N–H and O–H groups in total. The number of nitrogens with zero attached hydrogens (tertiary/aromatic N) is 1. The molecule has 4 amide bonds. The largest absolute Gasteiger partial charge is 0.350 e. The first-order valence-electron chi connectivity index (χ1n) is 9.48. The topological polar surface area (TPSA) is 78.5 Å². The summed E-state index contributed by atoms with van der Waals surface area (Å²) in [5.74, 6) is -0.800. The summed E-state index contributed by atoms with van der Waals surface area (Å²) in [6, 6.07) is 16.6. The van der Waals surface area contributed by atoms with Gasteiger partial charge in [0.1, 0.15) is 12.1 Å². The fourth-order valence-electron chi connectivity index (χ4n) is 3.33. The minimum absolute atomic E-state index is 0.305. The summed E-state index contributed by atoms with van der Waals surface area (Å²) < 4.78 is 0. The Labute approximate surface area is 164 Å². The van der Waals surface area contributed by atoms with Crippen molar-refractivity contribution in [2.24, 2.45) is 0 Å². The van der Waals surface area contributed by atoms with Crippen LogP contribution in [0, 0.1) is 0 Å². The van der Waals surface area contributed by atoms with Crippen molar-refractivity contribution in [3.8, 4) is 0 Å². The monoisotopic (exact) mass is 379 g/mol. The number of benzene rings is 2. The Morgan fingerprint density at radius 3 is 2.36 bits per heavy atom. The Hall–Kier alpha value is -3.15. The van der Waals surface area contributed by atoms with E-state index in [2.05, 4.69) is 17.6 Å². The van der Waals surface area contributed by atoms with Crippen LogP contribution in [0.1, 0.15) is 37.0 Å². The van der Waals surface area contributed by atoms with Gasteiger partial charge < -0.3 is 10.6 Å². The zero-order valence-electron chi connectivity index (χ0n) is 16.2. The van der Waals surface area contributed by atoms with Gasteiger partial charge in [0, 0.05) is 6.54 Å². The van der Waals surface area contributed by atoms with Crippen molar-refractivity contribution >= 4 is 17.8 Å². The normalized spacial score (nSPS) is 18.9. The highest BCUT2D eigenvalue weighted by Crippen LogP contribution is 2.29. The summed E-state index contributed by atoms with van der Waals surface area (Å²) in [7, 11) is 0. The van der Waals surface area contributed by atoms with Crippen LogP contribution in [0.3, 0.4) is 0 Å². The van der Waals surface area contributed by atoms with Gasteiger partial charge >= 0.3 is 6.03 Å². The molecule has 0 radical (unpaired) electrons. The van der Waals surface area contributed by atoms with Crippen molar-refractivity contribution in [1.29, 1.82) is 0 Å². The van der Waals surface area contributed by atoms with Crippen LogP contribution in [-0.4, -0.2) is 29.3 Å². The molecule has 1 atom stereocenters. The highest BCUT2D eigenvalue weighted by Gasteiger charge is 2.49. The molecule has 0 unspecified atom stereocenters. The zero-order chi connectivity index (χ0) is 20.1. The third-order valence-electron chi connectivity index (χ3n) is 4.98.